The average molecular weight is 429 g/mol. The van der Waals surface area contributed by atoms with E-state index in [1.807, 2.05) is 6.07 Å². The molecule has 0 atom stereocenters. The van der Waals surface area contributed by atoms with E-state index < -0.39 is 5.97 Å². The van der Waals surface area contributed by atoms with Gasteiger partial charge in [-0.05, 0) is 45.2 Å². The number of halogens is 1. The normalized spacial score (nSPS) is 14.3. The van der Waals surface area contributed by atoms with Gasteiger partial charge in [0.2, 0.25) is 0 Å². The first-order valence-electron chi connectivity index (χ1n) is 10.3. The molecule has 0 aliphatic carbocycles. The van der Waals surface area contributed by atoms with Gasteiger partial charge in [-0.15, -0.1) is 0 Å². The molecule has 1 N–H and O–H groups in total. The number of rotatable bonds is 6. The molecule has 3 heterocycles. The van der Waals surface area contributed by atoms with Crippen molar-refractivity contribution in [3.63, 3.8) is 0 Å². The molecule has 3 aromatic rings. The Morgan fingerprint density at radius 3 is 2.53 bits per heavy atom. The van der Waals surface area contributed by atoms with Crippen LogP contribution < -0.4 is 9.80 Å². The van der Waals surface area contributed by atoms with Gasteiger partial charge in [-0.3, -0.25) is 0 Å². The average Bonchev–Trinajstić information content (AvgIpc) is 3.25. The van der Waals surface area contributed by atoms with Gasteiger partial charge in [0.05, 0.1) is 28.0 Å². The topological polar surface area (TPSA) is 87.4 Å². The number of benzene rings is 1. The number of nitrogens with zero attached hydrogens (tertiary/aromatic N) is 6. The highest BCUT2D eigenvalue weighted by Gasteiger charge is 2.20. The number of fused-ring (bicyclic) bond motifs is 1. The number of carbonyl (C=O) groups is 1. The summed E-state index contributed by atoms with van der Waals surface area (Å²) in [5.41, 5.74) is 1.81. The SMILES string of the molecule is CCN(CC)c1nc(-n2cc(C(=O)O)cn2)nc2cc(Cl)c(N3CCCCC3)cc12. The third-order valence-electron chi connectivity index (χ3n) is 5.53. The Kier molecular flexibility index (Phi) is 5.76. The highest BCUT2D eigenvalue weighted by molar-refractivity contribution is 6.34. The quantitative estimate of drug-likeness (QED) is 0.634. The lowest BCUT2D eigenvalue weighted by atomic mass is 10.1. The second-order valence-electron chi connectivity index (χ2n) is 7.37. The van der Waals surface area contributed by atoms with Crippen molar-refractivity contribution in [1.29, 1.82) is 0 Å². The van der Waals surface area contributed by atoms with E-state index in [-0.39, 0.29) is 5.56 Å². The van der Waals surface area contributed by atoms with Crippen molar-refractivity contribution in [3.05, 3.63) is 35.1 Å². The summed E-state index contributed by atoms with van der Waals surface area (Å²) in [6.07, 6.45) is 6.29. The van der Waals surface area contributed by atoms with Gasteiger partial charge in [0.1, 0.15) is 5.82 Å². The zero-order valence-electron chi connectivity index (χ0n) is 17.2. The highest BCUT2D eigenvalue weighted by atomic mass is 35.5. The van der Waals surface area contributed by atoms with Crippen molar-refractivity contribution in [2.45, 2.75) is 33.1 Å². The van der Waals surface area contributed by atoms with E-state index >= 15 is 0 Å². The molecular formula is C21H25ClN6O2. The Balaban J connectivity index is 1.88. The van der Waals surface area contributed by atoms with Gasteiger partial charge in [0.15, 0.2) is 0 Å². The van der Waals surface area contributed by atoms with Crippen LogP contribution in [0.5, 0.6) is 0 Å². The number of carboxylic acids is 1. The molecule has 0 unspecified atom stereocenters. The van der Waals surface area contributed by atoms with Crippen LogP contribution >= 0.6 is 11.6 Å². The fourth-order valence-corrected chi connectivity index (χ4v) is 4.17. The number of aromatic carboxylic acids is 1. The summed E-state index contributed by atoms with van der Waals surface area (Å²) in [5, 5.41) is 14.9. The minimum Gasteiger partial charge on any atom is -0.478 e. The fraction of sp³-hybridized carbons (Fsp3) is 0.429. The van der Waals surface area contributed by atoms with Gasteiger partial charge >= 0.3 is 5.97 Å². The van der Waals surface area contributed by atoms with Crippen LogP contribution in [0.1, 0.15) is 43.5 Å². The standard InChI is InChI=1S/C21H25ClN6O2/c1-3-26(4-2)19-15-10-18(27-8-6-5-7-9-27)16(22)11-17(15)24-21(25-19)28-13-14(12-23-28)20(29)30/h10-13H,3-9H2,1-2H3,(H,29,30). The van der Waals surface area contributed by atoms with Gasteiger partial charge in [-0.25, -0.2) is 14.5 Å². The van der Waals surface area contributed by atoms with Crippen LogP contribution in [-0.2, 0) is 0 Å². The van der Waals surface area contributed by atoms with Crippen LogP contribution in [0.15, 0.2) is 24.5 Å². The van der Waals surface area contributed by atoms with Gasteiger partial charge in [0.25, 0.3) is 5.95 Å². The minimum absolute atomic E-state index is 0.0848. The number of hydrogen-bond acceptors (Lipinski definition) is 6. The number of aromatic nitrogens is 4. The van der Waals surface area contributed by atoms with Crippen LogP contribution in [0.25, 0.3) is 16.9 Å². The van der Waals surface area contributed by atoms with Gasteiger partial charge < -0.3 is 14.9 Å². The second-order valence-corrected chi connectivity index (χ2v) is 7.77. The van der Waals surface area contributed by atoms with E-state index in [9.17, 15) is 9.90 Å². The molecule has 1 saturated heterocycles. The summed E-state index contributed by atoms with van der Waals surface area (Å²) >= 11 is 6.66. The molecule has 0 bridgehead atoms. The minimum atomic E-state index is -1.04. The lowest BCUT2D eigenvalue weighted by Crippen LogP contribution is -2.29. The van der Waals surface area contributed by atoms with Gasteiger partial charge in [-0.1, -0.05) is 11.6 Å². The van der Waals surface area contributed by atoms with Crippen LogP contribution in [0.2, 0.25) is 5.02 Å². The maximum Gasteiger partial charge on any atom is 0.338 e. The molecule has 30 heavy (non-hydrogen) atoms. The molecule has 0 amide bonds. The molecule has 1 aliphatic rings. The van der Waals surface area contributed by atoms with Crippen molar-refractivity contribution < 1.29 is 9.90 Å². The van der Waals surface area contributed by atoms with E-state index in [0.717, 1.165) is 55.9 Å². The van der Waals surface area contributed by atoms with Crippen molar-refractivity contribution in [2.24, 2.45) is 0 Å². The maximum atomic E-state index is 11.2. The number of anilines is 2. The first-order valence-corrected chi connectivity index (χ1v) is 10.7. The predicted molar refractivity (Wildman–Crippen MR) is 118 cm³/mol. The summed E-state index contributed by atoms with van der Waals surface area (Å²) in [5.74, 6) is 0.0706. The Hall–Kier alpha value is -2.87. The van der Waals surface area contributed by atoms with Crippen molar-refractivity contribution >= 4 is 40.0 Å². The molecular weight excluding hydrogens is 404 g/mol. The molecule has 1 aromatic carbocycles. The number of carboxylic acid groups (broad SMARTS) is 1. The van der Waals surface area contributed by atoms with Crippen molar-refractivity contribution in [2.75, 3.05) is 36.0 Å². The Labute approximate surface area is 180 Å². The van der Waals surface area contributed by atoms with E-state index in [1.54, 1.807) is 0 Å². The summed E-state index contributed by atoms with van der Waals surface area (Å²) in [6, 6.07) is 3.97. The summed E-state index contributed by atoms with van der Waals surface area (Å²) in [7, 11) is 0. The third kappa shape index (κ3) is 3.79. The van der Waals surface area contributed by atoms with E-state index in [4.69, 9.17) is 16.6 Å². The fourth-order valence-electron chi connectivity index (χ4n) is 3.90. The monoisotopic (exact) mass is 428 g/mol. The summed E-state index contributed by atoms with van der Waals surface area (Å²) in [4.78, 5) is 25.1. The van der Waals surface area contributed by atoms with Gasteiger partial charge in [-0.2, -0.15) is 10.1 Å². The molecule has 158 valence electrons. The van der Waals surface area contributed by atoms with Crippen molar-refractivity contribution in [1.82, 2.24) is 19.7 Å². The molecule has 4 rings (SSSR count). The van der Waals surface area contributed by atoms with E-state index in [1.165, 1.54) is 23.5 Å². The second kappa shape index (κ2) is 8.47. The zero-order valence-corrected chi connectivity index (χ0v) is 17.9. The Morgan fingerprint density at radius 2 is 1.90 bits per heavy atom. The molecule has 1 aliphatic heterocycles. The Bertz CT molecular complexity index is 1070. The summed E-state index contributed by atoms with van der Waals surface area (Å²) < 4.78 is 1.39. The van der Waals surface area contributed by atoms with E-state index in [0.29, 0.717) is 16.5 Å². The summed E-state index contributed by atoms with van der Waals surface area (Å²) in [6.45, 7) is 7.71. The zero-order chi connectivity index (χ0) is 21.3. The van der Waals surface area contributed by atoms with Crippen LogP contribution in [0.3, 0.4) is 0 Å². The predicted octanol–water partition coefficient (Wildman–Crippen LogP) is 4.00. The lowest BCUT2D eigenvalue weighted by molar-refractivity contribution is 0.0697. The van der Waals surface area contributed by atoms with E-state index in [2.05, 4.69) is 39.8 Å². The maximum absolute atomic E-state index is 11.2. The molecule has 9 heteroatoms. The number of hydrogen-bond donors (Lipinski definition) is 1. The first kappa shape index (κ1) is 20.4. The molecule has 0 radical (unpaired) electrons. The van der Waals surface area contributed by atoms with Gasteiger partial charge in [0, 0.05) is 37.8 Å². The first-order chi connectivity index (χ1) is 14.5. The smallest absolute Gasteiger partial charge is 0.338 e. The van der Waals surface area contributed by atoms with Crippen LogP contribution in [-0.4, -0.2) is 57.0 Å². The van der Waals surface area contributed by atoms with Crippen LogP contribution in [0, 0.1) is 0 Å². The molecule has 0 spiro atoms. The lowest BCUT2D eigenvalue weighted by Gasteiger charge is -2.30. The molecule has 2 aromatic heterocycles. The highest BCUT2D eigenvalue weighted by Crippen LogP contribution is 2.35. The number of piperidine rings is 1. The molecule has 1 fully saturated rings. The third-order valence-corrected chi connectivity index (χ3v) is 5.83. The molecule has 8 nitrogen and oxygen atoms in total. The van der Waals surface area contributed by atoms with Crippen molar-refractivity contribution in [3.8, 4) is 5.95 Å². The molecule has 0 saturated carbocycles. The Morgan fingerprint density at radius 1 is 1.17 bits per heavy atom. The van der Waals surface area contributed by atoms with Crippen LogP contribution in [0.4, 0.5) is 11.5 Å². The largest absolute Gasteiger partial charge is 0.478 e.